The Morgan fingerprint density at radius 3 is 2.67 bits per heavy atom. The van der Waals surface area contributed by atoms with Crippen LogP contribution in [0.5, 0.6) is 0 Å². The lowest BCUT2D eigenvalue weighted by Gasteiger charge is -2.06. The summed E-state index contributed by atoms with van der Waals surface area (Å²) in [6.45, 7) is 2.93. The van der Waals surface area contributed by atoms with Gasteiger partial charge in [-0.15, -0.1) is 0 Å². The monoisotopic (exact) mass is 277 g/mol. The number of hydrogen-bond acceptors (Lipinski definition) is 2. The molecule has 106 valence electrons. The van der Waals surface area contributed by atoms with E-state index in [2.05, 4.69) is 41.6 Å². The van der Waals surface area contributed by atoms with E-state index in [1.54, 1.807) is 0 Å². The zero-order chi connectivity index (χ0) is 14.7. The molecule has 0 unspecified atom stereocenters. The van der Waals surface area contributed by atoms with Gasteiger partial charge in [0.15, 0.2) is 0 Å². The molecule has 2 N–H and O–H groups in total. The summed E-state index contributed by atoms with van der Waals surface area (Å²) < 4.78 is 1.99. The Kier molecular flexibility index (Phi) is 3.73. The Hall–Kier alpha value is -2.55. The Morgan fingerprint density at radius 2 is 1.86 bits per heavy atom. The highest BCUT2D eigenvalue weighted by Gasteiger charge is 2.06. The van der Waals surface area contributed by atoms with Crippen molar-refractivity contribution in [3.05, 3.63) is 72.1 Å². The van der Waals surface area contributed by atoms with Gasteiger partial charge in [0.2, 0.25) is 0 Å². The van der Waals surface area contributed by atoms with Gasteiger partial charge in [0.25, 0.3) is 0 Å². The average molecular weight is 277 g/mol. The summed E-state index contributed by atoms with van der Waals surface area (Å²) in [6.07, 6.45) is 4.98. The first kappa shape index (κ1) is 13.4. The summed E-state index contributed by atoms with van der Waals surface area (Å²) in [5.74, 6) is 0. The van der Waals surface area contributed by atoms with Crippen LogP contribution in [0.1, 0.15) is 11.1 Å². The minimum absolute atomic E-state index is 0.824. The first-order valence-corrected chi connectivity index (χ1v) is 7.16. The predicted molar refractivity (Wildman–Crippen MR) is 87.0 cm³/mol. The standard InChI is InChI=1S/C18H19N3/c1-14-17(8-5-9-18(14)19)16-12-20-21(13-16)11-10-15-6-3-2-4-7-15/h2-9,12-13H,10-11,19H2,1H3. The van der Waals surface area contributed by atoms with Gasteiger partial charge in [-0.05, 0) is 36.1 Å². The van der Waals surface area contributed by atoms with Crippen molar-refractivity contribution in [3.63, 3.8) is 0 Å². The zero-order valence-electron chi connectivity index (χ0n) is 12.2. The molecule has 3 nitrogen and oxygen atoms in total. The van der Waals surface area contributed by atoms with Crippen LogP contribution in [0, 0.1) is 6.92 Å². The van der Waals surface area contributed by atoms with Gasteiger partial charge in [0.05, 0.1) is 6.20 Å². The molecule has 1 heterocycles. The molecule has 0 bridgehead atoms. The first-order valence-electron chi connectivity index (χ1n) is 7.16. The normalized spacial score (nSPS) is 10.7. The van der Waals surface area contributed by atoms with Crippen LogP contribution in [0.3, 0.4) is 0 Å². The molecule has 0 saturated heterocycles. The molecule has 0 aliphatic rings. The fraction of sp³-hybridized carbons (Fsp3) is 0.167. The van der Waals surface area contributed by atoms with Crippen LogP contribution in [0.15, 0.2) is 60.9 Å². The fourth-order valence-corrected chi connectivity index (χ4v) is 2.48. The van der Waals surface area contributed by atoms with Crippen LogP contribution >= 0.6 is 0 Å². The van der Waals surface area contributed by atoms with E-state index in [9.17, 15) is 0 Å². The third kappa shape index (κ3) is 2.97. The van der Waals surface area contributed by atoms with Crippen LogP contribution in [0.4, 0.5) is 5.69 Å². The van der Waals surface area contributed by atoms with Gasteiger partial charge in [-0.2, -0.15) is 5.10 Å². The Labute approximate surface area is 125 Å². The average Bonchev–Trinajstić information content (AvgIpc) is 2.98. The SMILES string of the molecule is Cc1c(N)cccc1-c1cnn(CCc2ccccc2)c1. The lowest BCUT2D eigenvalue weighted by molar-refractivity contribution is 0.615. The second kappa shape index (κ2) is 5.83. The first-order chi connectivity index (χ1) is 10.2. The van der Waals surface area contributed by atoms with E-state index in [0.29, 0.717) is 0 Å². The predicted octanol–water partition coefficient (Wildman–Crippen LogP) is 3.68. The van der Waals surface area contributed by atoms with Gasteiger partial charge in [-0.3, -0.25) is 4.68 Å². The molecule has 3 heteroatoms. The molecule has 2 aromatic carbocycles. The van der Waals surface area contributed by atoms with Crippen molar-refractivity contribution in [2.75, 3.05) is 5.73 Å². The molecule has 0 amide bonds. The van der Waals surface area contributed by atoms with Gasteiger partial charge in [-0.25, -0.2) is 0 Å². The summed E-state index contributed by atoms with van der Waals surface area (Å²) in [5.41, 5.74) is 11.5. The smallest absolute Gasteiger partial charge is 0.0568 e. The van der Waals surface area contributed by atoms with Crippen LogP contribution in [0.2, 0.25) is 0 Å². The Morgan fingerprint density at radius 1 is 1.05 bits per heavy atom. The lowest BCUT2D eigenvalue weighted by atomic mass is 10.0. The lowest BCUT2D eigenvalue weighted by Crippen LogP contribution is -2.01. The quantitative estimate of drug-likeness (QED) is 0.739. The van der Waals surface area contributed by atoms with Gasteiger partial charge in [-0.1, -0.05) is 42.5 Å². The molecule has 0 radical (unpaired) electrons. The van der Waals surface area contributed by atoms with Crippen molar-refractivity contribution in [1.29, 1.82) is 0 Å². The van der Waals surface area contributed by atoms with E-state index in [1.807, 2.05) is 36.0 Å². The maximum absolute atomic E-state index is 5.97. The number of benzene rings is 2. The van der Waals surface area contributed by atoms with Crippen molar-refractivity contribution >= 4 is 5.69 Å². The summed E-state index contributed by atoms with van der Waals surface area (Å²) in [5, 5.41) is 4.45. The maximum atomic E-state index is 5.97. The highest BCUT2D eigenvalue weighted by molar-refractivity contribution is 5.71. The van der Waals surface area contributed by atoms with Crippen molar-refractivity contribution < 1.29 is 0 Å². The van der Waals surface area contributed by atoms with Crippen LogP contribution < -0.4 is 5.73 Å². The van der Waals surface area contributed by atoms with E-state index in [4.69, 9.17) is 5.73 Å². The molecule has 3 rings (SSSR count). The summed E-state index contributed by atoms with van der Waals surface area (Å²) in [7, 11) is 0. The van der Waals surface area contributed by atoms with Crippen molar-refractivity contribution in [3.8, 4) is 11.1 Å². The highest BCUT2D eigenvalue weighted by atomic mass is 15.3. The topological polar surface area (TPSA) is 43.8 Å². The summed E-state index contributed by atoms with van der Waals surface area (Å²) in [6, 6.07) is 16.5. The summed E-state index contributed by atoms with van der Waals surface area (Å²) >= 11 is 0. The number of rotatable bonds is 4. The number of nitrogens with two attached hydrogens (primary N) is 1. The second-order valence-corrected chi connectivity index (χ2v) is 5.25. The molecule has 0 aliphatic heterocycles. The third-order valence-corrected chi connectivity index (χ3v) is 3.79. The number of hydrogen-bond donors (Lipinski definition) is 1. The minimum Gasteiger partial charge on any atom is -0.398 e. The molecule has 21 heavy (non-hydrogen) atoms. The molecule has 1 aromatic heterocycles. The van der Waals surface area contributed by atoms with Gasteiger partial charge < -0.3 is 5.73 Å². The van der Waals surface area contributed by atoms with Crippen molar-refractivity contribution in [2.24, 2.45) is 0 Å². The van der Waals surface area contributed by atoms with Gasteiger partial charge >= 0.3 is 0 Å². The fourth-order valence-electron chi connectivity index (χ4n) is 2.48. The van der Waals surface area contributed by atoms with Crippen molar-refractivity contribution in [2.45, 2.75) is 19.9 Å². The number of nitrogens with zero attached hydrogens (tertiary/aromatic N) is 2. The van der Waals surface area contributed by atoms with Crippen molar-refractivity contribution in [1.82, 2.24) is 9.78 Å². The molecule has 0 fully saturated rings. The zero-order valence-corrected chi connectivity index (χ0v) is 12.2. The van der Waals surface area contributed by atoms with E-state index < -0.39 is 0 Å². The van der Waals surface area contributed by atoms with Crippen LogP contribution in [0.25, 0.3) is 11.1 Å². The molecule has 0 saturated carbocycles. The van der Waals surface area contributed by atoms with E-state index in [-0.39, 0.29) is 0 Å². The van der Waals surface area contributed by atoms with E-state index in [1.165, 1.54) is 5.56 Å². The maximum Gasteiger partial charge on any atom is 0.0568 e. The molecule has 0 spiro atoms. The third-order valence-electron chi connectivity index (χ3n) is 3.79. The largest absolute Gasteiger partial charge is 0.398 e. The molecule has 3 aromatic rings. The number of aromatic nitrogens is 2. The highest BCUT2D eigenvalue weighted by Crippen LogP contribution is 2.26. The molecule has 0 atom stereocenters. The number of nitrogen functional groups attached to an aromatic ring is 1. The van der Waals surface area contributed by atoms with Crippen LogP contribution in [-0.4, -0.2) is 9.78 Å². The number of aryl methyl sites for hydroxylation is 2. The van der Waals surface area contributed by atoms with E-state index >= 15 is 0 Å². The van der Waals surface area contributed by atoms with Gasteiger partial charge in [0, 0.05) is 24.0 Å². The number of anilines is 1. The minimum atomic E-state index is 0.824. The Bertz CT molecular complexity index is 729. The van der Waals surface area contributed by atoms with E-state index in [0.717, 1.165) is 35.3 Å². The van der Waals surface area contributed by atoms with Crippen LogP contribution in [-0.2, 0) is 13.0 Å². The van der Waals surface area contributed by atoms with Gasteiger partial charge in [0.1, 0.15) is 0 Å². The second-order valence-electron chi connectivity index (χ2n) is 5.25. The molecular weight excluding hydrogens is 258 g/mol. The summed E-state index contributed by atoms with van der Waals surface area (Å²) in [4.78, 5) is 0. The molecular formula is C18H19N3. The molecule has 0 aliphatic carbocycles. The Balaban J connectivity index is 1.76.